The molecule has 6 nitrogen and oxygen atoms in total. The van der Waals surface area contributed by atoms with E-state index < -0.39 is 23.8 Å². The van der Waals surface area contributed by atoms with Crippen LogP contribution in [0.2, 0.25) is 0 Å². The number of hydrogen-bond donors (Lipinski definition) is 2. The van der Waals surface area contributed by atoms with Gasteiger partial charge in [0.05, 0.1) is 12.6 Å². The molecule has 7 heteroatoms. The van der Waals surface area contributed by atoms with Crippen molar-refractivity contribution in [2.24, 2.45) is 0 Å². The number of nitrogens with one attached hydrogen (secondary N) is 1. The highest BCUT2D eigenvalue weighted by Crippen LogP contribution is 2.13. The average molecular weight is 313 g/mol. The molecule has 0 saturated carbocycles. The van der Waals surface area contributed by atoms with Crippen LogP contribution in [0.5, 0.6) is 5.75 Å². The summed E-state index contributed by atoms with van der Waals surface area (Å²) in [6.07, 6.45) is -0.534. The lowest BCUT2D eigenvalue weighted by molar-refractivity contribution is -0.145. The van der Waals surface area contributed by atoms with E-state index in [1.165, 1.54) is 12.1 Å². The smallest absolute Gasteiger partial charge is 0.346 e. The third-order valence-corrected chi connectivity index (χ3v) is 2.93. The molecule has 0 aromatic heterocycles. The molecule has 0 saturated heterocycles. The predicted molar refractivity (Wildman–Crippen MR) is 77.2 cm³/mol. The molecule has 1 aromatic rings. The van der Waals surface area contributed by atoms with Gasteiger partial charge >= 0.3 is 5.97 Å². The van der Waals surface area contributed by atoms with Crippen LogP contribution in [0.15, 0.2) is 24.3 Å². The molecule has 0 spiro atoms. The molecule has 0 aliphatic heterocycles. The number of carbonyl (C=O) groups excluding carboxylic acids is 1. The van der Waals surface area contributed by atoms with E-state index in [9.17, 15) is 14.0 Å². The van der Waals surface area contributed by atoms with Crippen LogP contribution in [-0.2, 0) is 14.3 Å². The molecular weight excluding hydrogens is 293 g/mol. The SMILES string of the molecule is CCC(C)OCC(=O)NCC(Oc1ccc(F)cc1)C(=O)O. The zero-order valence-electron chi connectivity index (χ0n) is 12.5. The van der Waals surface area contributed by atoms with Crippen LogP contribution in [0.4, 0.5) is 4.39 Å². The van der Waals surface area contributed by atoms with Crippen molar-refractivity contribution in [1.29, 1.82) is 0 Å². The largest absolute Gasteiger partial charge is 0.478 e. The number of carboxylic acids is 1. The molecule has 1 aromatic carbocycles. The van der Waals surface area contributed by atoms with Crippen LogP contribution < -0.4 is 10.1 Å². The normalized spacial score (nSPS) is 13.2. The third-order valence-electron chi connectivity index (χ3n) is 2.93. The lowest BCUT2D eigenvalue weighted by atomic mass is 10.3. The third kappa shape index (κ3) is 6.53. The van der Waals surface area contributed by atoms with Crippen molar-refractivity contribution >= 4 is 11.9 Å². The average Bonchev–Trinajstić information content (AvgIpc) is 2.50. The fourth-order valence-electron chi connectivity index (χ4n) is 1.45. The Morgan fingerprint density at radius 2 is 1.95 bits per heavy atom. The van der Waals surface area contributed by atoms with Crippen LogP contribution in [0.25, 0.3) is 0 Å². The Kier molecular flexibility index (Phi) is 7.31. The maximum Gasteiger partial charge on any atom is 0.346 e. The first-order valence-electron chi connectivity index (χ1n) is 6.95. The van der Waals surface area contributed by atoms with Gasteiger partial charge in [0.25, 0.3) is 0 Å². The summed E-state index contributed by atoms with van der Waals surface area (Å²) in [5.41, 5.74) is 0. The summed E-state index contributed by atoms with van der Waals surface area (Å²) < 4.78 is 23.2. The topological polar surface area (TPSA) is 84.9 Å². The minimum absolute atomic E-state index is 0.0449. The van der Waals surface area contributed by atoms with Crippen LogP contribution in [-0.4, -0.2) is 42.3 Å². The van der Waals surface area contributed by atoms with E-state index in [1.54, 1.807) is 0 Å². The Labute approximate surface area is 128 Å². The van der Waals surface area contributed by atoms with Gasteiger partial charge in [0.2, 0.25) is 12.0 Å². The summed E-state index contributed by atoms with van der Waals surface area (Å²) in [6, 6.07) is 4.96. The summed E-state index contributed by atoms with van der Waals surface area (Å²) in [5, 5.41) is 11.5. The number of aliphatic carboxylic acids is 1. The van der Waals surface area contributed by atoms with Gasteiger partial charge in [0.1, 0.15) is 18.2 Å². The second kappa shape index (κ2) is 8.99. The van der Waals surface area contributed by atoms with Crippen LogP contribution in [0.3, 0.4) is 0 Å². The molecule has 0 bridgehead atoms. The van der Waals surface area contributed by atoms with Gasteiger partial charge in [-0.15, -0.1) is 0 Å². The lowest BCUT2D eigenvalue weighted by Crippen LogP contribution is -2.41. The number of hydrogen-bond acceptors (Lipinski definition) is 4. The van der Waals surface area contributed by atoms with Crippen molar-refractivity contribution in [1.82, 2.24) is 5.32 Å². The van der Waals surface area contributed by atoms with Crippen LogP contribution in [0, 0.1) is 5.82 Å². The molecule has 0 radical (unpaired) electrons. The lowest BCUT2D eigenvalue weighted by Gasteiger charge is -2.16. The molecule has 0 heterocycles. The Balaban J connectivity index is 2.46. The fraction of sp³-hybridized carbons (Fsp3) is 0.467. The van der Waals surface area contributed by atoms with Crippen molar-refractivity contribution in [3.63, 3.8) is 0 Å². The van der Waals surface area contributed by atoms with E-state index in [0.717, 1.165) is 18.6 Å². The molecule has 22 heavy (non-hydrogen) atoms. The van der Waals surface area contributed by atoms with Gasteiger partial charge in [-0.05, 0) is 37.6 Å². The van der Waals surface area contributed by atoms with Crippen molar-refractivity contribution in [2.45, 2.75) is 32.5 Å². The van der Waals surface area contributed by atoms with E-state index in [4.69, 9.17) is 14.6 Å². The van der Waals surface area contributed by atoms with Gasteiger partial charge in [0.15, 0.2) is 0 Å². The van der Waals surface area contributed by atoms with E-state index in [2.05, 4.69) is 5.32 Å². The minimum atomic E-state index is -1.27. The predicted octanol–water partition coefficient (Wildman–Crippen LogP) is 1.59. The second-order valence-corrected chi connectivity index (χ2v) is 4.73. The zero-order valence-corrected chi connectivity index (χ0v) is 12.5. The molecule has 0 aliphatic carbocycles. The zero-order chi connectivity index (χ0) is 16.5. The number of rotatable bonds is 9. The maximum atomic E-state index is 12.8. The van der Waals surface area contributed by atoms with Crippen molar-refractivity contribution in [3.05, 3.63) is 30.1 Å². The first-order valence-corrected chi connectivity index (χ1v) is 6.95. The van der Waals surface area contributed by atoms with Crippen molar-refractivity contribution in [2.75, 3.05) is 13.2 Å². The maximum absolute atomic E-state index is 12.8. The highest BCUT2D eigenvalue weighted by molar-refractivity contribution is 5.79. The molecule has 2 N–H and O–H groups in total. The molecule has 0 aliphatic rings. The highest BCUT2D eigenvalue weighted by atomic mass is 19.1. The van der Waals surface area contributed by atoms with Gasteiger partial charge < -0.3 is 19.9 Å². The molecule has 1 amide bonds. The standard InChI is InChI=1S/C15H20FNO5/c1-3-10(2)21-9-14(18)17-8-13(15(19)20)22-12-6-4-11(16)5-7-12/h4-7,10,13H,3,8-9H2,1-2H3,(H,17,18)(H,19,20). The van der Waals surface area contributed by atoms with Crippen LogP contribution >= 0.6 is 0 Å². The molecule has 2 unspecified atom stereocenters. The number of carboxylic acid groups (broad SMARTS) is 1. The molecular formula is C15H20FNO5. The minimum Gasteiger partial charge on any atom is -0.478 e. The van der Waals surface area contributed by atoms with Gasteiger partial charge in [-0.1, -0.05) is 6.92 Å². The van der Waals surface area contributed by atoms with E-state index in [1.807, 2.05) is 13.8 Å². The summed E-state index contributed by atoms with van der Waals surface area (Å²) in [6.45, 7) is 3.41. The van der Waals surface area contributed by atoms with Gasteiger partial charge in [0, 0.05) is 0 Å². The Morgan fingerprint density at radius 3 is 2.50 bits per heavy atom. The fourth-order valence-corrected chi connectivity index (χ4v) is 1.45. The summed E-state index contributed by atoms with van der Waals surface area (Å²) in [7, 11) is 0. The second-order valence-electron chi connectivity index (χ2n) is 4.73. The molecule has 122 valence electrons. The van der Waals surface area contributed by atoms with Crippen LogP contribution in [0.1, 0.15) is 20.3 Å². The quantitative estimate of drug-likeness (QED) is 0.723. The summed E-state index contributed by atoms with van der Waals surface area (Å²) in [5.74, 6) is -1.89. The van der Waals surface area contributed by atoms with E-state index >= 15 is 0 Å². The molecule has 0 fully saturated rings. The summed E-state index contributed by atoms with van der Waals surface area (Å²) in [4.78, 5) is 22.7. The van der Waals surface area contributed by atoms with E-state index in [0.29, 0.717) is 0 Å². The van der Waals surface area contributed by atoms with Crippen molar-refractivity contribution in [3.8, 4) is 5.75 Å². The number of carbonyl (C=O) groups is 2. The molecule has 2 atom stereocenters. The molecule has 1 rings (SSSR count). The highest BCUT2D eigenvalue weighted by Gasteiger charge is 2.20. The first kappa shape index (κ1) is 17.9. The first-order chi connectivity index (χ1) is 10.4. The Bertz CT molecular complexity index is 491. The van der Waals surface area contributed by atoms with E-state index in [-0.39, 0.29) is 25.0 Å². The van der Waals surface area contributed by atoms with Crippen molar-refractivity contribution < 1.29 is 28.6 Å². The van der Waals surface area contributed by atoms with Gasteiger partial charge in [-0.2, -0.15) is 0 Å². The monoisotopic (exact) mass is 313 g/mol. The number of ether oxygens (including phenoxy) is 2. The van der Waals surface area contributed by atoms with Gasteiger partial charge in [-0.25, -0.2) is 9.18 Å². The van der Waals surface area contributed by atoms with Gasteiger partial charge in [-0.3, -0.25) is 4.79 Å². The number of halogens is 1. The Hall–Kier alpha value is -2.15. The number of benzene rings is 1. The Morgan fingerprint density at radius 1 is 1.32 bits per heavy atom. The summed E-state index contributed by atoms with van der Waals surface area (Å²) >= 11 is 0. The number of amides is 1.